The zero-order valence-electron chi connectivity index (χ0n) is 8.04. The molecule has 1 atom stereocenters. The molecule has 0 aromatic heterocycles. The fraction of sp³-hybridized carbons (Fsp3) is 0.700. The predicted molar refractivity (Wildman–Crippen MR) is 60.6 cm³/mol. The van der Waals surface area contributed by atoms with Crippen LogP contribution in [-0.2, 0) is 0 Å². The number of halogens is 1. The summed E-state index contributed by atoms with van der Waals surface area (Å²) in [7, 11) is 0. The topological polar surface area (TPSA) is 38.4 Å². The SMILES string of the molecule is C=CCCC1CCCCC(N)=N1.Cl. The van der Waals surface area contributed by atoms with Gasteiger partial charge in [0.1, 0.15) is 0 Å². The average Bonchev–Trinajstić information content (AvgIpc) is 2.26. The summed E-state index contributed by atoms with van der Waals surface area (Å²) in [4.78, 5) is 4.46. The van der Waals surface area contributed by atoms with Crippen molar-refractivity contribution in [3.63, 3.8) is 0 Å². The molecule has 1 rings (SSSR count). The van der Waals surface area contributed by atoms with Crippen LogP contribution in [0.1, 0.15) is 38.5 Å². The largest absolute Gasteiger partial charge is 0.387 e. The van der Waals surface area contributed by atoms with Gasteiger partial charge in [0.15, 0.2) is 0 Å². The Hall–Kier alpha value is -0.500. The van der Waals surface area contributed by atoms with Gasteiger partial charge >= 0.3 is 0 Å². The van der Waals surface area contributed by atoms with Gasteiger partial charge in [-0.3, -0.25) is 4.99 Å². The number of hydrogen-bond acceptors (Lipinski definition) is 2. The first-order valence-electron chi connectivity index (χ1n) is 4.76. The Labute approximate surface area is 86.7 Å². The van der Waals surface area contributed by atoms with Crippen LogP contribution in [0.2, 0.25) is 0 Å². The molecule has 0 fully saturated rings. The molecule has 1 aliphatic rings. The van der Waals surface area contributed by atoms with Crippen LogP contribution < -0.4 is 5.73 Å². The van der Waals surface area contributed by atoms with Crippen molar-refractivity contribution >= 4 is 18.2 Å². The summed E-state index contributed by atoms with van der Waals surface area (Å²) in [5.41, 5.74) is 5.72. The summed E-state index contributed by atoms with van der Waals surface area (Å²) < 4.78 is 0. The summed E-state index contributed by atoms with van der Waals surface area (Å²) >= 11 is 0. The number of hydrogen-bond donors (Lipinski definition) is 1. The monoisotopic (exact) mass is 202 g/mol. The third kappa shape index (κ3) is 4.94. The van der Waals surface area contributed by atoms with Gasteiger partial charge in [-0.05, 0) is 25.7 Å². The quantitative estimate of drug-likeness (QED) is 0.703. The van der Waals surface area contributed by atoms with E-state index < -0.39 is 0 Å². The molecule has 0 aromatic rings. The summed E-state index contributed by atoms with van der Waals surface area (Å²) in [5.74, 6) is 0.849. The predicted octanol–water partition coefficient (Wildman–Crippen LogP) is 2.67. The third-order valence-electron chi connectivity index (χ3n) is 2.27. The second-order valence-electron chi connectivity index (χ2n) is 3.39. The minimum Gasteiger partial charge on any atom is -0.387 e. The van der Waals surface area contributed by atoms with Crippen molar-refractivity contribution in [1.29, 1.82) is 0 Å². The van der Waals surface area contributed by atoms with Crippen molar-refractivity contribution in [2.75, 3.05) is 0 Å². The molecule has 0 bridgehead atoms. The first kappa shape index (κ1) is 12.5. The zero-order chi connectivity index (χ0) is 8.81. The molecule has 0 radical (unpaired) electrons. The van der Waals surface area contributed by atoms with E-state index in [1.54, 1.807) is 0 Å². The molecule has 0 saturated heterocycles. The lowest BCUT2D eigenvalue weighted by Gasteiger charge is -2.08. The highest BCUT2D eigenvalue weighted by atomic mass is 35.5. The second kappa shape index (κ2) is 6.96. The summed E-state index contributed by atoms with van der Waals surface area (Å²) in [6.45, 7) is 3.71. The molecule has 1 heterocycles. The zero-order valence-corrected chi connectivity index (χ0v) is 8.85. The van der Waals surface area contributed by atoms with Crippen LogP contribution in [0.4, 0.5) is 0 Å². The molecule has 1 aliphatic heterocycles. The van der Waals surface area contributed by atoms with E-state index in [0.717, 1.165) is 25.1 Å². The number of nitrogens with zero attached hydrogens (tertiary/aromatic N) is 1. The molecule has 1 unspecified atom stereocenters. The summed E-state index contributed by atoms with van der Waals surface area (Å²) in [6, 6.07) is 0.463. The maximum absolute atomic E-state index is 5.72. The number of amidine groups is 1. The molecular formula is C10H19ClN2. The molecule has 0 spiro atoms. The van der Waals surface area contributed by atoms with E-state index in [-0.39, 0.29) is 12.4 Å². The highest BCUT2D eigenvalue weighted by molar-refractivity contribution is 5.85. The van der Waals surface area contributed by atoms with Crippen LogP contribution >= 0.6 is 12.4 Å². The minimum absolute atomic E-state index is 0. The first-order chi connectivity index (χ1) is 5.83. The fourth-order valence-corrected chi connectivity index (χ4v) is 1.57. The standard InChI is InChI=1S/C10H18N2.ClH/c1-2-3-6-9-7-4-5-8-10(11)12-9;/h2,9H,1,3-8H2,(H2,11,12);1H. The molecule has 3 heteroatoms. The Balaban J connectivity index is 0.00000144. The minimum atomic E-state index is 0. The fourth-order valence-electron chi connectivity index (χ4n) is 1.57. The number of aliphatic imine (C=N–C) groups is 1. The molecule has 0 aromatic carbocycles. The van der Waals surface area contributed by atoms with Crippen molar-refractivity contribution in [2.24, 2.45) is 10.7 Å². The van der Waals surface area contributed by atoms with E-state index in [2.05, 4.69) is 11.6 Å². The van der Waals surface area contributed by atoms with Gasteiger partial charge in [-0.2, -0.15) is 0 Å². The highest BCUT2D eigenvalue weighted by Crippen LogP contribution is 2.16. The molecule has 2 N–H and O–H groups in total. The van der Waals surface area contributed by atoms with Crippen molar-refractivity contribution in [1.82, 2.24) is 0 Å². The second-order valence-corrected chi connectivity index (χ2v) is 3.39. The van der Waals surface area contributed by atoms with E-state index in [0.29, 0.717) is 6.04 Å². The molecular weight excluding hydrogens is 184 g/mol. The molecule has 0 amide bonds. The maximum Gasteiger partial charge on any atom is 0.0940 e. The van der Waals surface area contributed by atoms with Crippen LogP contribution in [-0.4, -0.2) is 11.9 Å². The van der Waals surface area contributed by atoms with Gasteiger partial charge in [-0.1, -0.05) is 12.5 Å². The summed E-state index contributed by atoms with van der Waals surface area (Å²) in [6.07, 6.45) is 8.80. The van der Waals surface area contributed by atoms with Crippen LogP contribution in [0.3, 0.4) is 0 Å². The Morgan fingerprint density at radius 1 is 1.54 bits per heavy atom. The van der Waals surface area contributed by atoms with Gasteiger partial charge in [0.25, 0.3) is 0 Å². The number of allylic oxidation sites excluding steroid dienone is 1. The van der Waals surface area contributed by atoms with Crippen LogP contribution in [0.15, 0.2) is 17.6 Å². The number of rotatable bonds is 3. The molecule has 2 nitrogen and oxygen atoms in total. The Kier molecular flexibility index (Phi) is 6.69. The van der Waals surface area contributed by atoms with Gasteiger partial charge in [0, 0.05) is 6.42 Å². The van der Waals surface area contributed by atoms with Crippen molar-refractivity contribution < 1.29 is 0 Å². The van der Waals surface area contributed by atoms with E-state index in [9.17, 15) is 0 Å². The van der Waals surface area contributed by atoms with E-state index in [1.807, 2.05) is 6.08 Å². The number of nitrogens with two attached hydrogens (primary N) is 1. The van der Waals surface area contributed by atoms with Crippen LogP contribution in [0.5, 0.6) is 0 Å². The third-order valence-corrected chi connectivity index (χ3v) is 2.27. The van der Waals surface area contributed by atoms with Crippen molar-refractivity contribution in [2.45, 2.75) is 44.6 Å². The van der Waals surface area contributed by atoms with Gasteiger partial charge in [0.05, 0.1) is 11.9 Å². The normalized spacial score (nSPS) is 22.5. The molecule has 76 valence electrons. The maximum atomic E-state index is 5.72. The smallest absolute Gasteiger partial charge is 0.0940 e. The van der Waals surface area contributed by atoms with Crippen molar-refractivity contribution in [3.8, 4) is 0 Å². The first-order valence-corrected chi connectivity index (χ1v) is 4.76. The van der Waals surface area contributed by atoms with Crippen LogP contribution in [0, 0.1) is 0 Å². The highest BCUT2D eigenvalue weighted by Gasteiger charge is 2.10. The lowest BCUT2D eigenvalue weighted by molar-refractivity contribution is 0.558. The lowest BCUT2D eigenvalue weighted by Crippen LogP contribution is -2.13. The average molecular weight is 203 g/mol. The Morgan fingerprint density at radius 3 is 3.00 bits per heavy atom. The van der Waals surface area contributed by atoms with Gasteiger partial charge in [-0.15, -0.1) is 19.0 Å². The molecule has 0 aliphatic carbocycles. The van der Waals surface area contributed by atoms with Gasteiger partial charge in [0.2, 0.25) is 0 Å². The molecule has 13 heavy (non-hydrogen) atoms. The Bertz CT molecular complexity index is 178. The van der Waals surface area contributed by atoms with E-state index in [1.165, 1.54) is 19.3 Å². The molecule has 0 saturated carbocycles. The summed E-state index contributed by atoms with van der Waals surface area (Å²) in [5, 5.41) is 0. The van der Waals surface area contributed by atoms with E-state index >= 15 is 0 Å². The van der Waals surface area contributed by atoms with E-state index in [4.69, 9.17) is 5.73 Å². The Morgan fingerprint density at radius 2 is 2.31 bits per heavy atom. The lowest BCUT2D eigenvalue weighted by atomic mass is 10.1. The van der Waals surface area contributed by atoms with Gasteiger partial charge in [-0.25, -0.2) is 0 Å². The van der Waals surface area contributed by atoms with Crippen LogP contribution in [0.25, 0.3) is 0 Å². The van der Waals surface area contributed by atoms with Crippen molar-refractivity contribution in [3.05, 3.63) is 12.7 Å². The van der Waals surface area contributed by atoms with Gasteiger partial charge < -0.3 is 5.73 Å².